The maximum Gasteiger partial charge on any atom is 1.00 e. The summed E-state index contributed by atoms with van der Waals surface area (Å²) < 4.78 is 33.8. The topological polar surface area (TPSA) is 66.4 Å². The first-order valence-corrected chi connectivity index (χ1v) is 3.74. The van der Waals surface area contributed by atoms with Gasteiger partial charge in [0.25, 0.3) is 0 Å². The van der Waals surface area contributed by atoms with Crippen molar-refractivity contribution >= 4 is 10.4 Å². The molecule has 0 aromatic rings. The fourth-order valence-corrected chi connectivity index (χ4v) is 0.838. The van der Waals surface area contributed by atoms with Crippen molar-refractivity contribution in [1.82, 2.24) is 0 Å². The van der Waals surface area contributed by atoms with Crippen LogP contribution in [-0.4, -0.2) is 18.6 Å². The van der Waals surface area contributed by atoms with Gasteiger partial charge in [-0.05, 0) is 13.8 Å². The molecule has 0 atom stereocenters. The summed E-state index contributed by atoms with van der Waals surface area (Å²) in [6.45, 7) is 2.62. The van der Waals surface area contributed by atoms with E-state index in [0.717, 1.165) is 0 Å². The van der Waals surface area contributed by atoms with E-state index in [1.165, 1.54) is 13.8 Å². The molecule has 0 aromatic carbocycles. The summed E-state index contributed by atoms with van der Waals surface area (Å²) in [5.41, 5.74) is -1.35. The summed E-state index contributed by atoms with van der Waals surface area (Å²) in [6.07, 6.45) is 4.84. The van der Waals surface area contributed by atoms with E-state index in [9.17, 15) is 13.0 Å². The molecule has 0 amide bonds. The fraction of sp³-hybridized carbons (Fsp3) is 0.600. The van der Waals surface area contributed by atoms with Crippen LogP contribution in [0.15, 0.2) is 0 Å². The zero-order valence-corrected chi connectivity index (χ0v) is 9.44. The Balaban J connectivity index is 0. The summed E-state index contributed by atoms with van der Waals surface area (Å²) in [4.78, 5) is 0. The Labute approximate surface area is 88.6 Å². The second-order valence-corrected chi connectivity index (χ2v) is 3.13. The van der Waals surface area contributed by atoms with Gasteiger partial charge < -0.3 is 4.55 Å². The Hall–Kier alpha value is 0.430. The van der Waals surface area contributed by atoms with E-state index >= 15 is 0 Å². The molecule has 0 saturated carbocycles. The van der Waals surface area contributed by atoms with Crippen molar-refractivity contribution in [2.45, 2.75) is 19.4 Å². The first kappa shape index (κ1) is 14.0. The second-order valence-electron chi connectivity index (χ2n) is 2.15. The van der Waals surface area contributed by atoms with Gasteiger partial charge in [0.2, 0.25) is 10.4 Å². The molecule has 0 aliphatic carbocycles. The Kier molecular flexibility index (Phi) is 5.66. The minimum Gasteiger partial charge on any atom is -0.725 e. The van der Waals surface area contributed by atoms with E-state index in [4.69, 9.17) is 6.42 Å². The minimum absolute atomic E-state index is 0. The molecule has 0 aromatic heterocycles. The standard InChI is InChI=1S/C5H8O4S.Na/c1-4-5(2,3)9-10(6,7)8;/h1H,2-3H3,(H,6,7,8);/q;+1/p-1. The molecule has 0 N–H and O–H groups in total. The summed E-state index contributed by atoms with van der Waals surface area (Å²) >= 11 is 0. The van der Waals surface area contributed by atoms with Gasteiger partial charge in [-0.3, -0.25) is 4.18 Å². The molecular formula is C5H7NaO4S. The normalized spacial score (nSPS) is 11.5. The summed E-state index contributed by atoms with van der Waals surface area (Å²) in [7, 11) is -4.69. The third-order valence-electron chi connectivity index (χ3n) is 0.658. The SMILES string of the molecule is C#CC(C)(C)OS(=O)(=O)[O-].[Na+]. The number of rotatable bonds is 2. The molecule has 0 bridgehead atoms. The monoisotopic (exact) mass is 186 g/mol. The third kappa shape index (κ3) is 8.34. The molecule has 58 valence electrons. The summed E-state index contributed by atoms with van der Waals surface area (Å²) in [6, 6.07) is 0. The van der Waals surface area contributed by atoms with Gasteiger partial charge in [-0.15, -0.1) is 6.42 Å². The molecule has 0 fully saturated rings. The van der Waals surface area contributed by atoms with Gasteiger partial charge in [0.05, 0.1) is 0 Å². The molecule has 0 aliphatic heterocycles. The molecular weight excluding hydrogens is 179 g/mol. The van der Waals surface area contributed by atoms with Crippen molar-refractivity contribution in [2.24, 2.45) is 0 Å². The van der Waals surface area contributed by atoms with Crippen LogP contribution < -0.4 is 29.6 Å². The van der Waals surface area contributed by atoms with E-state index in [-0.39, 0.29) is 29.6 Å². The van der Waals surface area contributed by atoms with Crippen molar-refractivity contribution in [3.05, 3.63) is 0 Å². The van der Waals surface area contributed by atoms with Crippen molar-refractivity contribution < 1.29 is 46.7 Å². The number of hydrogen-bond acceptors (Lipinski definition) is 4. The Morgan fingerprint density at radius 3 is 2.00 bits per heavy atom. The first-order chi connectivity index (χ1) is 4.27. The van der Waals surface area contributed by atoms with Crippen LogP contribution in [0, 0.1) is 12.3 Å². The molecule has 4 nitrogen and oxygen atoms in total. The maximum atomic E-state index is 9.93. The van der Waals surface area contributed by atoms with Crippen LogP contribution in [0.4, 0.5) is 0 Å². The van der Waals surface area contributed by atoms with Crippen LogP contribution in [-0.2, 0) is 14.6 Å². The van der Waals surface area contributed by atoms with Crippen molar-refractivity contribution in [3.63, 3.8) is 0 Å². The van der Waals surface area contributed by atoms with E-state index in [1.54, 1.807) is 0 Å². The van der Waals surface area contributed by atoms with Crippen LogP contribution in [0.5, 0.6) is 0 Å². The fourth-order valence-electron chi connectivity index (χ4n) is 0.279. The van der Waals surface area contributed by atoms with Crippen LogP contribution in [0.2, 0.25) is 0 Å². The van der Waals surface area contributed by atoms with Gasteiger partial charge in [-0.1, -0.05) is 5.92 Å². The molecule has 0 aliphatic rings. The van der Waals surface area contributed by atoms with Gasteiger partial charge >= 0.3 is 29.6 Å². The molecule has 0 saturated heterocycles. The molecule has 0 unspecified atom stereocenters. The molecule has 6 heteroatoms. The van der Waals surface area contributed by atoms with Gasteiger partial charge in [-0.25, -0.2) is 8.42 Å². The largest absolute Gasteiger partial charge is 1.00 e. The predicted octanol–water partition coefficient (Wildman–Crippen LogP) is -3.12. The Morgan fingerprint density at radius 2 is 1.91 bits per heavy atom. The zero-order chi connectivity index (χ0) is 8.41. The van der Waals surface area contributed by atoms with Gasteiger partial charge in [0.1, 0.15) is 5.60 Å². The number of hydrogen-bond donors (Lipinski definition) is 0. The second kappa shape index (κ2) is 4.45. The molecule has 0 radical (unpaired) electrons. The van der Waals surface area contributed by atoms with Gasteiger partial charge in [0.15, 0.2) is 0 Å². The Bertz CT molecular complexity index is 248. The van der Waals surface area contributed by atoms with Crippen LogP contribution >= 0.6 is 0 Å². The van der Waals surface area contributed by atoms with E-state index in [0.29, 0.717) is 0 Å². The van der Waals surface area contributed by atoms with Gasteiger partial charge in [-0.2, -0.15) is 0 Å². The van der Waals surface area contributed by atoms with Crippen molar-refractivity contribution in [2.75, 3.05) is 0 Å². The van der Waals surface area contributed by atoms with Crippen molar-refractivity contribution in [1.29, 1.82) is 0 Å². The maximum absolute atomic E-state index is 9.93. The molecule has 0 spiro atoms. The van der Waals surface area contributed by atoms with E-state index in [1.807, 2.05) is 5.92 Å². The Morgan fingerprint density at radius 1 is 1.55 bits per heavy atom. The van der Waals surface area contributed by atoms with Crippen LogP contribution in [0.3, 0.4) is 0 Å². The molecule has 0 heterocycles. The number of terminal acetylenes is 1. The van der Waals surface area contributed by atoms with Crippen molar-refractivity contribution in [3.8, 4) is 12.3 Å². The average Bonchev–Trinajstić information content (AvgIpc) is 1.60. The first-order valence-electron chi connectivity index (χ1n) is 2.41. The summed E-state index contributed by atoms with van der Waals surface area (Å²) in [5, 5.41) is 0. The van der Waals surface area contributed by atoms with E-state index in [2.05, 4.69) is 4.18 Å². The quantitative estimate of drug-likeness (QED) is 0.198. The zero-order valence-electron chi connectivity index (χ0n) is 6.62. The third-order valence-corrected chi connectivity index (χ3v) is 1.28. The van der Waals surface area contributed by atoms with Crippen LogP contribution in [0.25, 0.3) is 0 Å². The molecule has 0 rings (SSSR count). The average molecular weight is 186 g/mol. The molecule has 11 heavy (non-hydrogen) atoms. The summed E-state index contributed by atoms with van der Waals surface area (Å²) in [5.74, 6) is 2.00. The van der Waals surface area contributed by atoms with Crippen LogP contribution in [0.1, 0.15) is 13.8 Å². The van der Waals surface area contributed by atoms with E-state index < -0.39 is 16.0 Å². The minimum atomic E-state index is -4.69. The van der Waals surface area contributed by atoms with Gasteiger partial charge in [0, 0.05) is 0 Å². The smallest absolute Gasteiger partial charge is 0.725 e. The predicted molar refractivity (Wildman–Crippen MR) is 33.7 cm³/mol.